The summed E-state index contributed by atoms with van der Waals surface area (Å²) in [7, 11) is 0. The average molecular weight is 391 g/mol. The highest BCUT2D eigenvalue weighted by Crippen LogP contribution is 2.39. The minimum atomic E-state index is -0.417. The second kappa shape index (κ2) is 8.76. The van der Waals surface area contributed by atoms with Crippen LogP contribution in [0.15, 0.2) is 52.9 Å². The molecular formula is C24H30N4O. The van der Waals surface area contributed by atoms with Crippen LogP contribution in [0, 0.1) is 0 Å². The van der Waals surface area contributed by atoms with Gasteiger partial charge in [0.15, 0.2) is 5.58 Å². The number of rotatable bonds is 10. The van der Waals surface area contributed by atoms with Crippen LogP contribution in [0.3, 0.4) is 0 Å². The van der Waals surface area contributed by atoms with Gasteiger partial charge in [0.2, 0.25) is 5.89 Å². The van der Waals surface area contributed by atoms with E-state index in [2.05, 4.69) is 41.0 Å². The van der Waals surface area contributed by atoms with Crippen molar-refractivity contribution in [1.29, 1.82) is 0 Å². The summed E-state index contributed by atoms with van der Waals surface area (Å²) in [5.41, 5.74) is 3.28. The molecule has 5 heteroatoms. The topological polar surface area (TPSA) is 56.7 Å². The smallest absolute Gasteiger partial charge is 0.223 e. The molecule has 0 atom stereocenters. The van der Waals surface area contributed by atoms with Crippen LogP contribution in [0.4, 0.5) is 0 Å². The van der Waals surface area contributed by atoms with Crippen LogP contribution in [0.1, 0.15) is 71.1 Å². The number of fused-ring (bicyclic) bond motifs is 2. The van der Waals surface area contributed by atoms with E-state index >= 15 is 0 Å². The number of para-hydroxylation sites is 3. The zero-order valence-electron chi connectivity index (χ0n) is 17.5. The molecular weight excluding hydrogens is 360 g/mol. The lowest BCUT2D eigenvalue weighted by Gasteiger charge is -2.31. The van der Waals surface area contributed by atoms with Crippen molar-refractivity contribution >= 4 is 22.1 Å². The lowest BCUT2D eigenvalue weighted by atomic mass is 9.86. The van der Waals surface area contributed by atoms with Gasteiger partial charge in [-0.3, -0.25) is 0 Å². The Hall–Kier alpha value is -2.69. The summed E-state index contributed by atoms with van der Waals surface area (Å²) in [6, 6.07) is 16.2. The van der Waals surface area contributed by atoms with Crippen LogP contribution in [-0.2, 0) is 5.54 Å². The van der Waals surface area contributed by atoms with Gasteiger partial charge in [0.25, 0.3) is 0 Å². The fourth-order valence-corrected chi connectivity index (χ4v) is 4.23. The number of oxazole rings is 1. The minimum absolute atomic E-state index is 0.417. The summed E-state index contributed by atoms with van der Waals surface area (Å²) in [6.45, 7) is 4.48. The van der Waals surface area contributed by atoms with Crippen LogP contribution in [0.5, 0.6) is 0 Å². The molecule has 0 bridgehead atoms. The predicted molar refractivity (Wildman–Crippen MR) is 117 cm³/mol. The van der Waals surface area contributed by atoms with Gasteiger partial charge in [-0.25, -0.2) is 9.67 Å². The monoisotopic (exact) mass is 390 g/mol. The lowest BCUT2D eigenvalue weighted by molar-refractivity contribution is 0.210. The van der Waals surface area contributed by atoms with Gasteiger partial charge in [0, 0.05) is 0 Å². The lowest BCUT2D eigenvalue weighted by Crippen LogP contribution is -2.36. The Balaban J connectivity index is 1.88. The molecule has 4 aromatic rings. The molecule has 0 aliphatic rings. The van der Waals surface area contributed by atoms with Crippen molar-refractivity contribution in [2.45, 2.75) is 70.8 Å². The van der Waals surface area contributed by atoms with Gasteiger partial charge in [-0.1, -0.05) is 81.9 Å². The second-order valence-corrected chi connectivity index (χ2v) is 7.92. The van der Waals surface area contributed by atoms with Crippen molar-refractivity contribution in [3.05, 3.63) is 54.4 Å². The first-order chi connectivity index (χ1) is 14.3. The Labute approximate surface area is 172 Å². The van der Waals surface area contributed by atoms with E-state index in [4.69, 9.17) is 9.40 Å². The molecule has 0 saturated heterocycles. The summed E-state index contributed by atoms with van der Waals surface area (Å²) in [6.07, 6.45) is 8.83. The Morgan fingerprint density at radius 2 is 1.48 bits per heavy atom. The third-order valence-corrected chi connectivity index (χ3v) is 5.84. The maximum Gasteiger partial charge on any atom is 0.223 e. The summed E-state index contributed by atoms with van der Waals surface area (Å²) in [4.78, 5) is 4.95. The number of unbranched alkanes of at least 4 members (excludes halogenated alkanes) is 4. The highest BCUT2D eigenvalue weighted by atomic mass is 16.4. The maximum atomic E-state index is 6.37. The molecule has 0 unspecified atom stereocenters. The molecule has 2 aromatic carbocycles. The van der Waals surface area contributed by atoms with E-state index in [0.717, 1.165) is 53.7 Å². The highest BCUT2D eigenvalue weighted by Gasteiger charge is 2.40. The molecule has 0 saturated carbocycles. The maximum absolute atomic E-state index is 6.37. The number of aromatic nitrogens is 4. The number of hydrogen-bond acceptors (Lipinski definition) is 4. The van der Waals surface area contributed by atoms with E-state index in [1.165, 1.54) is 25.7 Å². The van der Waals surface area contributed by atoms with E-state index in [-0.39, 0.29) is 0 Å². The molecule has 0 aliphatic carbocycles. The van der Waals surface area contributed by atoms with Crippen molar-refractivity contribution < 1.29 is 4.42 Å². The van der Waals surface area contributed by atoms with Gasteiger partial charge in [-0.15, -0.1) is 5.10 Å². The van der Waals surface area contributed by atoms with Gasteiger partial charge in [0.1, 0.15) is 16.6 Å². The average Bonchev–Trinajstić information content (AvgIpc) is 3.38. The van der Waals surface area contributed by atoms with Crippen molar-refractivity contribution in [3.8, 4) is 0 Å². The van der Waals surface area contributed by atoms with Crippen molar-refractivity contribution in [2.24, 2.45) is 0 Å². The normalized spacial score (nSPS) is 12.2. The zero-order valence-corrected chi connectivity index (χ0v) is 17.5. The number of hydrogen-bond donors (Lipinski definition) is 0. The van der Waals surface area contributed by atoms with Crippen molar-refractivity contribution in [3.63, 3.8) is 0 Å². The van der Waals surface area contributed by atoms with Gasteiger partial charge in [-0.05, 0) is 37.1 Å². The van der Waals surface area contributed by atoms with Crippen LogP contribution in [0.25, 0.3) is 22.1 Å². The second-order valence-electron chi connectivity index (χ2n) is 7.92. The minimum Gasteiger partial charge on any atom is -0.438 e. The van der Waals surface area contributed by atoms with E-state index in [1.54, 1.807) is 0 Å². The Bertz CT molecular complexity index is 1020. The van der Waals surface area contributed by atoms with E-state index in [9.17, 15) is 0 Å². The van der Waals surface area contributed by atoms with E-state index in [0.29, 0.717) is 0 Å². The number of nitrogens with zero attached hydrogens (tertiary/aromatic N) is 4. The molecule has 29 heavy (non-hydrogen) atoms. The van der Waals surface area contributed by atoms with Crippen LogP contribution in [-0.4, -0.2) is 20.0 Å². The summed E-state index contributed by atoms with van der Waals surface area (Å²) >= 11 is 0. The summed E-state index contributed by atoms with van der Waals surface area (Å²) in [5, 5.41) is 9.10. The number of benzene rings is 2. The third kappa shape index (κ3) is 3.78. The first kappa shape index (κ1) is 19.6. The van der Waals surface area contributed by atoms with Gasteiger partial charge in [0.05, 0.1) is 5.52 Å². The molecule has 0 radical (unpaired) electrons. The highest BCUT2D eigenvalue weighted by molar-refractivity contribution is 5.75. The molecule has 4 rings (SSSR count). The van der Waals surface area contributed by atoms with Crippen LogP contribution < -0.4 is 0 Å². The molecule has 0 fully saturated rings. The van der Waals surface area contributed by atoms with Crippen LogP contribution >= 0.6 is 0 Å². The zero-order chi connectivity index (χ0) is 20.1. The van der Waals surface area contributed by atoms with Gasteiger partial charge < -0.3 is 4.42 Å². The quantitative estimate of drug-likeness (QED) is 0.291. The Morgan fingerprint density at radius 1 is 0.828 bits per heavy atom. The van der Waals surface area contributed by atoms with Gasteiger partial charge >= 0.3 is 0 Å². The van der Waals surface area contributed by atoms with Crippen LogP contribution in [0.2, 0.25) is 0 Å². The first-order valence-electron chi connectivity index (χ1n) is 11.0. The van der Waals surface area contributed by atoms with E-state index < -0.39 is 5.54 Å². The Morgan fingerprint density at radius 3 is 2.17 bits per heavy atom. The summed E-state index contributed by atoms with van der Waals surface area (Å²) < 4.78 is 8.46. The first-order valence-corrected chi connectivity index (χ1v) is 11.0. The Kier molecular flexibility index (Phi) is 5.93. The molecule has 5 nitrogen and oxygen atoms in total. The standard InChI is InChI=1S/C24H30N4O/c1-3-5-11-17-24(18-12-6-4-2,23-25-20-14-8-10-16-22(20)29-23)28-21-15-9-7-13-19(21)26-27-28/h7-10,13-16H,3-6,11-12,17-18H2,1-2H3. The molecule has 0 N–H and O–H groups in total. The fraction of sp³-hybridized carbons (Fsp3) is 0.458. The van der Waals surface area contributed by atoms with Gasteiger partial charge in [-0.2, -0.15) is 0 Å². The molecule has 2 aromatic heterocycles. The molecule has 2 heterocycles. The summed E-state index contributed by atoms with van der Waals surface area (Å²) in [5.74, 6) is 0.765. The molecule has 0 amide bonds. The molecule has 0 aliphatic heterocycles. The molecule has 0 spiro atoms. The SMILES string of the molecule is CCCCCC(CCCCC)(c1nc2ccccc2o1)n1nnc2ccccc21. The molecule has 152 valence electrons. The fourth-order valence-electron chi connectivity index (χ4n) is 4.23. The largest absolute Gasteiger partial charge is 0.438 e. The predicted octanol–water partition coefficient (Wildman–Crippen LogP) is 6.48. The third-order valence-electron chi connectivity index (χ3n) is 5.84. The van der Waals surface area contributed by atoms with E-state index in [1.807, 2.05) is 36.4 Å². The van der Waals surface area contributed by atoms with Crippen molar-refractivity contribution in [2.75, 3.05) is 0 Å². The van der Waals surface area contributed by atoms with Crippen molar-refractivity contribution in [1.82, 2.24) is 20.0 Å².